The van der Waals surface area contributed by atoms with Crippen LogP contribution in [-0.2, 0) is 4.74 Å². The van der Waals surface area contributed by atoms with Gasteiger partial charge in [0.15, 0.2) is 0 Å². The van der Waals surface area contributed by atoms with Crippen molar-refractivity contribution in [2.45, 2.75) is 0 Å². The molecule has 0 saturated heterocycles. The van der Waals surface area contributed by atoms with Gasteiger partial charge in [0.1, 0.15) is 16.9 Å². The van der Waals surface area contributed by atoms with E-state index in [9.17, 15) is 29.4 Å². The molecule has 25 heavy (non-hydrogen) atoms. The second-order valence-electron chi connectivity index (χ2n) is 4.79. The third kappa shape index (κ3) is 3.24. The van der Waals surface area contributed by atoms with Crippen molar-refractivity contribution < 1.29 is 29.3 Å². The molecule has 1 aromatic heterocycles. The van der Waals surface area contributed by atoms with Crippen LogP contribution in [0.2, 0.25) is 0 Å². The number of methoxy groups -OCH3 is 1. The van der Waals surface area contributed by atoms with Crippen molar-refractivity contribution in [3.8, 4) is 11.1 Å². The first-order valence-electron chi connectivity index (χ1n) is 6.59. The minimum absolute atomic E-state index is 0.0760. The molecule has 10 heteroatoms. The van der Waals surface area contributed by atoms with Crippen molar-refractivity contribution >= 4 is 39.7 Å². The van der Waals surface area contributed by atoms with E-state index in [2.05, 4.69) is 20.7 Å². The highest BCUT2D eigenvalue weighted by atomic mass is 79.9. The predicted molar refractivity (Wildman–Crippen MR) is 89.9 cm³/mol. The third-order valence-corrected chi connectivity index (χ3v) is 3.99. The summed E-state index contributed by atoms with van der Waals surface area (Å²) in [5, 5.41) is 18.7. The van der Waals surface area contributed by atoms with Gasteiger partial charge in [-0.05, 0) is 33.6 Å². The van der Waals surface area contributed by atoms with Gasteiger partial charge in [-0.1, -0.05) is 6.07 Å². The summed E-state index contributed by atoms with van der Waals surface area (Å²) < 4.78 is 4.82. The number of ether oxygens (including phenoxy) is 1. The number of carbonyl (C=O) groups excluding carboxylic acids is 1. The van der Waals surface area contributed by atoms with Crippen LogP contribution < -0.4 is 11.3 Å². The van der Waals surface area contributed by atoms with E-state index >= 15 is 0 Å². The fourth-order valence-electron chi connectivity index (χ4n) is 2.28. The fraction of sp³-hybridized carbons (Fsp3) is 0.0667. The number of carbonyl (C=O) groups is 3. The Bertz CT molecular complexity index is 965. The average molecular weight is 411 g/mol. The molecule has 0 unspecified atom stereocenters. The van der Waals surface area contributed by atoms with E-state index in [1.165, 1.54) is 25.3 Å². The molecule has 0 fully saturated rings. The van der Waals surface area contributed by atoms with Gasteiger partial charge in [-0.25, -0.2) is 14.4 Å². The number of nitrogens with one attached hydrogen (secondary N) is 1. The number of H-pyrrole nitrogens is 1. The SMILES string of the molecule is COC(=O)c1ccc(-c2c(C(=O)O)c(N)[nH]c(=O)c2C(=O)O)cc1Br. The van der Waals surface area contributed by atoms with Gasteiger partial charge in [0, 0.05) is 10.0 Å². The number of halogens is 1. The molecule has 0 bridgehead atoms. The van der Waals surface area contributed by atoms with Crippen LogP contribution >= 0.6 is 15.9 Å². The molecule has 1 aromatic carbocycles. The van der Waals surface area contributed by atoms with E-state index in [4.69, 9.17) is 5.73 Å². The third-order valence-electron chi connectivity index (χ3n) is 3.34. The Morgan fingerprint density at radius 1 is 1.16 bits per heavy atom. The minimum atomic E-state index is -1.62. The lowest BCUT2D eigenvalue weighted by Gasteiger charge is -2.13. The molecule has 2 aromatic rings. The normalized spacial score (nSPS) is 10.3. The summed E-state index contributed by atoms with van der Waals surface area (Å²) in [6, 6.07) is 3.91. The number of carboxylic acid groups (broad SMARTS) is 2. The Hall–Kier alpha value is -3.14. The van der Waals surface area contributed by atoms with Crippen LogP contribution in [0.15, 0.2) is 27.5 Å². The van der Waals surface area contributed by atoms with Crippen molar-refractivity contribution in [1.82, 2.24) is 4.98 Å². The first-order chi connectivity index (χ1) is 11.7. The summed E-state index contributed by atoms with van der Waals surface area (Å²) in [4.78, 5) is 48.6. The van der Waals surface area contributed by atoms with Gasteiger partial charge >= 0.3 is 17.9 Å². The molecule has 0 saturated carbocycles. The van der Waals surface area contributed by atoms with Crippen LogP contribution in [0.1, 0.15) is 31.1 Å². The number of carboxylic acids is 2. The summed E-state index contributed by atoms with van der Waals surface area (Å²) >= 11 is 3.13. The van der Waals surface area contributed by atoms with E-state index in [-0.39, 0.29) is 21.2 Å². The van der Waals surface area contributed by atoms with Gasteiger partial charge in [0.2, 0.25) is 0 Å². The number of anilines is 1. The maximum Gasteiger partial charge on any atom is 0.342 e. The molecule has 0 radical (unpaired) electrons. The number of aromatic amines is 1. The molecule has 2 rings (SSSR count). The Kier molecular flexibility index (Phi) is 4.93. The maximum atomic E-state index is 12.0. The van der Waals surface area contributed by atoms with Crippen LogP contribution in [0, 0.1) is 0 Å². The van der Waals surface area contributed by atoms with Crippen LogP contribution in [-0.4, -0.2) is 40.2 Å². The minimum Gasteiger partial charge on any atom is -0.478 e. The zero-order valence-electron chi connectivity index (χ0n) is 12.6. The number of aromatic nitrogens is 1. The molecule has 0 atom stereocenters. The molecular formula is C15H11BrN2O7. The molecule has 0 spiro atoms. The molecule has 5 N–H and O–H groups in total. The lowest BCUT2D eigenvalue weighted by atomic mass is 9.95. The summed E-state index contributed by atoms with van der Waals surface area (Å²) in [7, 11) is 1.19. The highest BCUT2D eigenvalue weighted by Crippen LogP contribution is 2.32. The van der Waals surface area contributed by atoms with Crippen LogP contribution in [0.25, 0.3) is 11.1 Å². The monoisotopic (exact) mass is 410 g/mol. The molecule has 0 aliphatic rings. The van der Waals surface area contributed by atoms with Gasteiger partial charge in [-0.15, -0.1) is 0 Å². The number of nitrogens with two attached hydrogens (primary N) is 1. The molecular weight excluding hydrogens is 400 g/mol. The Morgan fingerprint density at radius 2 is 1.76 bits per heavy atom. The van der Waals surface area contributed by atoms with Crippen molar-refractivity contribution in [3.63, 3.8) is 0 Å². The number of benzene rings is 1. The van der Waals surface area contributed by atoms with Crippen molar-refractivity contribution in [2.75, 3.05) is 12.8 Å². The standard InChI is InChI=1S/C15H11BrN2O7/c1-25-15(24)6-3-2-5(4-7(6)16)8-9(13(20)21)11(17)18-12(19)10(8)14(22)23/h2-4H,1H3,(H,20,21)(H,22,23)(H3,17,18,19). The summed E-state index contributed by atoms with van der Waals surface area (Å²) in [5.74, 6) is -4.27. The summed E-state index contributed by atoms with van der Waals surface area (Å²) in [6.07, 6.45) is 0. The van der Waals surface area contributed by atoms with E-state index in [1.54, 1.807) is 0 Å². The van der Waals surface area contributed by atoms with Gasteiger partial charge in [-0.3, -0.25) is 4.79 Å². The molecule has 0 aliphatic carbocycles. The first-order valence-corrected chi connectivity index (χ1v) is 7.38. The summed E-state index contributed by atoms with van der Waals surface area (Å²) in [5.41, 5.74) is 3.02. The zero-order chi connectivity index (χ0) is 18.9. The zero-order valence-corrected chi connectivity index (χ0v) is 14.2. The molecule has 1 heterocycles. The second-order valence-corrected chi connectivity index (χ2v) is 5.64. The second kappa shape index (κ2) is 6.77. The van der Waals surface area contributed by atoms with Crippen LogP contribution in [0.5, 0.6) is 0 Å². The smallest absolute Gasteiger partial charge is 0.342 e. The van der Waals surface area contributed by atoms with Gasteiger partial charge in [0.25, 0.3) is 5.56 Å². The number of esters is 1. The first kappa shape index (κ1) is 18.2. The number of rotatable bonds is 4. The average Bonchev–Trinajstić information content (AvgIpc) is 2.52. The Morgan fingerprint density at radius 3 is 2.24 bits per heavy atom. The molecule has 9 nitrogen and oxygen atoms in total. The Labute approximate surface area is 148 Å². The van der Waals surface area contributed by atoms with E-state index in [0.29, 0.717) is 0 Å². The summed E-state index contributed by atoms with van der Waals surface area (Å²) in [6.45, 7) is 0. The molecule has 130 valence electrons. The Balaban J connectivity index is 2.88. The van der Waals surface area contributed by atoms with Gasteiger partial charge in [-0.2, -0.15) is 0 Å². The van der Waals surface area contributed by atoms with E-state index < -0.39 is 40.4 Å². The number of hydrogen-bond acceptors (Lipinski definition) is 6. The fourth-order valence-corrected chi connectivity index (χ4v) is 2.82. The quantitative estimate of drug-likeness (QED) is 0.552. The largest absolute Gasteiger partial charge is 0.478 e. The van der Waals surface area contributed by atoms with Crippen molar-refractivity contribution in [1.29, 1.82) is 0 Å². The highest BCUT2D eigenvalue weighted by Gasteiger charge is 2.27. The number of pyridine rings is 1. The van der Waals surface area contributed by atoms with E-state index in [1.807, 2.05) is 4.98 Å². The van der Waals surface area contributed by atoms with Gasteiger partial charge < -0.3 is 25.7 Å². The van der Waals surface area contributed by atoms with Crippen molar-refractivity contribution in [2.24, 2.45) is 0 Å². The number of aromatic carboxylic acids is 2. The topological polar surface area (TPSA) is 160 Å². The maximum absolute atomic E-state index is 12.0. The van der Waals surface area contributed by atoms with Gasteiger partial charge in [0.05, 0.1) is 12.7 Å². The van der Waals surface area contributed by atoms with Crippen molar-refractivity contribution in [3.05, 3.63) is 49.7 Å². The van der Waals surface area contributed by atoms with E-state index in [0.717, 1.165) is 0 Å². The number of hydrogen-bond donors (Lipinski definition) is 4. The highest BCUT2D eigenvalue weighted by molar-refractivity contribution is 9.10. The molecule has 0 amide bonds. The lowest BCUT2D eigenvalue weighted by molar-refractivity contribution is 0.0597. The predicted octanol–water partition coefficient (Wildman–Crippen LogP) is 1.57. The lowest BCUT2D eigenvalue weighted by Crippen LogP contribution is -2.24. The number of nitrogen functional groups attached to an aromatic ring is 1. The van der Waals surface area contributed by atoms with Crippen LogP contribution in [0.4, 0.5) is 5.82 Å². The molecule has 0 aliphatic heterocycles. The van der Waals surface area contributed by atoms with Crippen LogP contribution in [0.3, 0.4) is 0 Å².